The molecule has 3 heterocycles. The van der Waals surface area contributed by atoms with E-state index < -0.39 is 0 Å². The van der Waals surface area contributed by atoms with Gasteiger partial charge in [-0.05, 0) is 54.7 Å². The highest BCUT2D eigenvalue weighted by molar-refractivity contribution is 5.96. The zero-order chi connectivity index (χ0) is 18.1. The van der Waals surface area contributed by atoms with Gasteiger partial charge in [-0.3, -0.25) is 4.79 Å². The second-order valence-electron chi connectivity index (χ2n) is 6.90. The number of carbonyl (C=O) groups excluding carboxylic acids is 1. The molecule has 4 rings (SSSR count). The molecule has 0 unspecified atom stereocenters. The number of imidazole rings is 1. The lowest BCUT2D eigenvalue weighted by molar-refractivity contribution is 0.0630. The molecule has 5 nitrogen and oxygen atoms in total. The van der Waals surface area contributed by atoms with Crippen LogP contribution < -0.4 is 0 Å². The first-order chi connectivity index (χ1) is 12.7. The Balaban J connectivity index is 1.66. The van der Waals surface area contributed by atoms with Crippen molar-refractivity contribution in [3.63, 3.8) is 0 Å². The number of ether oxygens (including phenoxy) is 1. The van der Waals surface area contributed by atoms with Gasteiger partial charge in [0.05, 0.1) is 12.6 Å². The van der Waals surface area contributed by atoms with Gasteiger partial charge in [0.1, 0.15) is 5.65 Å². The van der Waals surface area contributed by atoms with Crippen molar-refractivity contribution in [1.29, 1.82) is 0 Å². The number of benzene rings is 1. The Morgan fingerprint density at radius 2 is 2.19 bits per heavy atom. The van der Waals surface area contributed by atoms with Crippen LogP contribution in [0.4, 0.5) is 0 Å². The zero-order valence-corrected chi connectivity index (χ0v) is 15.2. The number of aryl methyl sites for hydroxylation is 1. The summed E-state index contributed by atoms with van der Waals surface area (Å²) in [4.78, 5) is 19.3. The third-order valence-electron chi connectivity index (χ3n) is 5.11. The van der Waals surface area contributed by atoms with Gasteiger partial charge in [0.25, 0.3) is 5.91 Å². The molecule has 1 atom stereocenters. The maximum absolute atomic E-state index is 13.0. The van der Waals surface area contributed by atoms with E-state index in [9.17, 15) is 4.79 Å². The van der Waals surface area contributed by atoms with Crippen LogP contribution in [0.15, 0.2) is 48.9 Å². The molecule has 1 amide bonds. The Morgan fingerprint density at radius 1 is 1.31 bits per heavy atom. The first kappa shape index (κ1) is 16.8. The van der Waals surface area contributed by atoms with Crippen LogP contribution in [0.1, 0.15) is 28.8 Å². The summed E-state index contributed by atoms with van der Waals surface area (Å²) in [5.41, 5.74) is 4.92. The van der Waals surface area contributed by atoms with E-state index in [-0.39, 0.29) is 11.9 Å². The van der Waals surface area contributed by atoms with Crippen LogP contribution in [0.2, 0.25) is 0 Å². The first-order valence-electron chi connectivity index (χ1n) is 9.01. The predicted octanol–water partition coefficient (Wildman–Crippen LogP) is 3.56. The van der Waals surface area contributed by atoms with E-state index in [4.69, 9.17) is 4.74 Å². The topological polar surface area (TPSA) is 46.8 Å². The van der Waals surface area contributed by atoms with Crippen LogP contribution in [0.3, 0.4) is 0 Å². The van der Waals surface area contributed by atoms with Crippen molar-refractivity contribution >= 4 is 11.6 Å². The summed E-state index contributed by atoms with van der Waals surface area (Å²) in [6.45, 7) is 3.46. The fraction of sp³-hybridized carbons (Fsp3) is 0.333. The largest absolute Gasteiger partial charge is 0.383 e. The van der Waals surface area contributed by atoms with E-state index in [2.05, 4.69) is 24.2 Å². The van der Waals surface area contributed by atoms with Crippen LogP contribution in [0, 0.1) is 6.92 Å². The van der Waals surface area contributed by atoms with Gasteiger partial charge in [0.15, 0.2) is 0 Å². The number of likely N-dealkylation sites (tertiary alicyclic amines) is 1. The van der Waals surface area contributed by atoms with Crippen LogP contribution in [-0.2, 0) is 4.74 Å². The number of aromatic nitrogens is 2. The summed E-state index contributed by atoms with van der Waals surface area (Å²) in [7, 11) is 1.69. The molecule has 1 aromatic carbocycles. The maximum atomic E-state index is 13.0. The molecule has 0 radical (unpaired) electrons. The molecule has 0 N–H and O–H groups in total. The molecule has 1 saturated heterocycles. The second-order valence-corrected chi connectivity index (χ2v) is 6.90. The average Bonchev–Trinajstić information content (AvgIpc) is 3.31. The monoisotopic (exact) mass is 349 g/mol. The van der Waals surface area contributed by atoms with Crippen molar-refractivity contribution in [2.24, 2.45) is 0 Å². The summed E-state index contributed by atoms with van der Waals surface area (Å²) >= 11 is 0. The minimum Gasteiger partial charge on any atom is -0.383 e. The standard InChI is InChI=1S/C21H23N3O2/c1-15-11-18(13-23-10-8-22-20(15)23)16-5-3-6-17(12-16)21(25)24-9-4-7-19(24)14-26-2/h3,5-6,8,10-13,19H,4,7,9,14H2,1-2H3/t19-/m0/s1. The second kappa shape index (κ2) is 6.92. The Morgan fingerprint density at radius 3 is 3.04 bits per heavy atom. The number of pyridine rings is 1. The zero-order valence-electron chi connectivity index (χ0n) is 15.2. The molecule has 0 spiro atoms. The molecule has 0 bridgehead atoms. The number of carbonyl (C=O) groups is 1. The lowest BCUT2D eigenvalue weighted by atomic mass is 10.0. The van der Waals surface area contributed by atoms with Crippen LogP contribution in [0.5, 0.6) is 0 Å². The van der Waals surface area contributed by atoms with Gasteiger partial charge >= 0.3 is 0 Å². The molecule has 0 saturated carbocycles. The van der Waals surface area contributed by atoms with Gasteiger partial charge in [-0.25, -0.2) is 4.98 Å². The van der Waals surface area contributed by atoms with Crippen molar-refractivity contribution in [3.05, 3.63) is 60.0 Å². The van der Waals surface area contributed by atoms with E-state index in [1.165, 1.54) is 0 Å². The molecule has 3 aromatic rings. The lowest BCUT2D eigenvalue weighted by Gasteiger charge is -2.24. The van der Waals surface area contributed by atoms with Crippen LogP contribution in [0.25, 0.3) is 16.8 Å². The van der Waals surface area contributed by atoms with Crippen molar-refractivity contribution in [2.45, 2.75) is 25.8 Å². The van der Waals surface area contributed by atoms with Crippen LogP contribution >= 0.6 is 0 Å². The number of methoxy groups -OCH3 is 1. The highest BCUT2D eigenvalue weighted by Gasteiger charge is 2.29. The minimum atomic E-state index is 0.0897. The van der Waals surface area contributed by atoms with Gasteiger partial charge in [-0.15, -0.1) is 0 Å². The van der Waals surface area contributed by atoms with Crippen molar-refractivity contribution in [3.8, 4) is 11.1 Å². The summed E-state index contributed by atoms with van der Waals surface area (Å²) in [5, 5.41) is 0. The molecule has 1 fully saturated rings. The predicted molar refractivity (Wildman–Crippen MR) is 101 cm³/mol. The summed E-state index contributed by atoms with van der Waals surface area (Å²) in [5.74, 6) is 0.0897. The van der Waals surface area contributed by atoms with Gasteiger partial charge in [-0.1, -0.05) is 12.1 Å². The fourth-order valence-electron chi connectivity index (χ4n) is 3.83. The van der Waals surface area contributed by atoms with Gasteiger partial charge in [0, 0.05) is 37.8 Å². The number of hydrogen-bond donors (Lipinski definition) is 0. The van der Waals surface area contributed by atoms with Crippen LogP contribution in [-0.4, -0.2) is 46.5 Å². The molecule has 134 valence electrons. The molecule has 1 aliphatic heterocycles. The summed E-state index contributed by atoms with van der Waals surface area (Å²) in [6, 6.07) is 10.2. The van der Waals surface area contributed by atoms with Crippen molar-refractivity contribution < 1.29 is 9.53 Å². The molecule has 5 heteroatoms. The quantitative estimate of drug-likeness (QED) is 0.723. The SMILES string of the molecule is COC[C@@H]1CCCN1C(=O)c1cccc(-c2cc(C)c3nccn3c2)c1. The lowest BCUT2D eigenvalue weighted by Crippen LogP contribution is -2.38. The van der Waals surface area contributed by atoms with E-state index in [0.717, 1.165) is 47.3 Å². The Hall–Kier alpha value is -2.66. The first-order valence-corrected chi connectivity index (χ1v) is 9.01. The minimum absolute atomic E-state index is 0.0897. The number of amides is 1. The molecule has 1 aliphatic rings. The summed E-state index contributed by atoms with van der Waals surface area (Å²) < 4.78 is 7.30. The van der Waals surface area contributed by atoms with E-state index in [1.54, 1.807) is 13.3 Å². The average molecular weight is 349 g/mol. The van der Waals surface area contributed by atoms with Crippen molar-refractivity contribution in [1.82, 2.24) is 14.3 Å². The number of hydrogen-bond acceptors (Lipinski definition) is 3. The Kier molecular flexibility index (Phi) is 4.47. The molecule has 0 aliphatic carbocycles. The normalized spacial score (nSPS) is 17.2. The molecule has 2 aromatic heterocycles. The van der Waals surface area contributed by atoms with Gasteiger partial charge < -0.3 is 14.0 Å². The Labute approximate surface area is 153 Å². The van der Waals surface area contributed by atoms with Gasteiger partial charge in [0.2, 0.25) is 0 Å². The fourth-order valence-corrected chi connectivity index (χ4v) is 3.83. The highest BCUT2D eigenvalue weighted by atomic mass is 16.5. The smallest absolute Gasteiger partial charge is 0.254 e. The van der Waals surface area contributed by atoms with Crippen molar-refractivity contribution in [2.75, 3.05) is 20.3 Å². The van der Waals surface area contributed by atoms with E-state index >= 15 is 0 Å². The van der Waals surface area contributed by atoms with E-state index in [0.29, 0.717) is 6.61 Å². The molecular weight excluding hydrogens is 326 g/mol. The Bertz CT molecular complexity index is 947. The van der Waals surface area contributed by atoms with E-state index in [1.807, 2.05) is 39.8 Å². The number of nitrogens with zero attached hydrogens (tertiary/aromatic N) is 3. The number of fused-ring (bicyclic) bond motifs is 1. The van der Waals surface area contributed by atoms with Gasteiger partial charge in [-0.2, -0.15) is 0 Å². The third kappa shape index (κ3) is 2.99. The summed E-state index contributed by atoms with van der Waals surface area (Å²) in [6.07, 6.45) is 7.85. The highest BCUT2D eigenvalue weighted by Crippen LogP contribution is 2.26. The molecular formula is C21H23N3O2. The molecule has 26 heavy (non-hydrogen) atoms. The number of rotatable bonds is 4. The maximum Gasteiger partial charge on any atom is 0.254 e. The third-order valence-corrected chi connectivity index (χ3v) is 5.11.